The van der Waals surface area contributed by atoms with Gasteiger partial charge in [-0.15, -0.1) is 0 Å². The van der Waals surface area contributed by atoms with Gasteiger partial charge in [0.1, 0.15) is 0 Å². The summed E-state index contributed by atoms with van der Waals surface area (Å²) in [5.74, 6) is 0.268. The summed E-state index contributed by atoms with van der Waals surface area (Å²) in [6.45, 7) is 5.32. The van der Waals surface area contributed by atoms with Gasteiger partial charge in [0.2, 0.25) is 11.8 Å². The van der Waals surface area contributed by atoms with Gasteiger partial charge in [-0.2, -0.15) is 0 Å². The van der Waals surface area contributed by atoms with Crippen LogP contribution in [-0.4, -0.2) is 48.9 Å². The maximum absolute atomic E-state index is 12.5. The summed E-state index contributed by atoms with van der Waals surface area (Å²) in [5.41, 5.74) is 0. The van der Waals surface area contributed by atoms with Gasteiger partial charge in [-0.05, 0) is 32.2 Å². The van der Waals surface area contributed by atoms with Crippen molar-refractivity contribution in [2.75, 3.05) is 26.2 Å². The van der Waals surface area contributed by atoms with Gasteiger partial charge < -0.3 is 15.5 Å². The Labute approximate surface area is 115 Å². The molecule has 2 heterocycles. The molecule has 0 saturated carbocycles. The molecule has 2 rings (SSSR count). The molecule has 0 aromatic carbocycles. The lowest BCUT2D eigenvalue weighted by Gasteiger charge is -2.31. The van der Waals surface area contributed by atoms with Crippen LogP contribution in [0, 0.1) is 5.92 Å². The molecule has 0 bridgehead atoms. The zero-order chi connectivity index (χ0) is 13.7. The maximum Gasteiger partial charge on any atom is 0.227 e. The number of carbonyl (C=O) groups excluding carboxylic acids is 2. The Hall–Kier alpha value is -1.10. The first-order chi connectivity index (χ1) is 9.20. The molecule has 0 aromatic rings. The fraction of sp³-hybridized carbons (Fsp3) is 0.857. The molecule has 2 fully saturated rings. The van der Waals surface area contributed by atoms with Gasteiger partial charge in [-0.1, -0.05) is 6.92 Å². The third-order valence-corrected chi connectivity index (χ3v) is 4.02. The zero-order valence-electron chi connectivity index (χ0n) is 11.8. The molecule has 2 unspecified atom stereocenters. The first-order valence-corrected chi connectivity index (χ1v) is 7.49. The topological polar surface area (TPSA) is 61.4 Å². The van der Waals surface area contributed by atoms with Crippen molar-refractivity contribution < 1.29 is 9.59 Å². The van der Waals surface area contributed by atoms with Gasteiger partial charge >= 0.3 is 0 Å². The second-order valence-corrected chi connectivity index (χ2v) is 5.62. The lowest BCUT2D eigenvalue weighted by atomic mass is 9.97. The highest BCUT2D eigenvalue weighted by atomic mass is 16.2. The van der Waals surface area contributed by atoms with Crippen LogP contribution >= 0.6 is 0 Å². The SMILES string of the molecule is CCCN(CC1CCCN1)C(=O)C1CCC(=O)NC1. The highest BCUT2D eigenvalue weighted by molar-refractivity contribution is 5.83. The predicted octanol–water partition coefficient (Wildman–Crippen LogP) is 0.503. The summed E-state index contributed by atoms with van der Waals surface area (Å²) < 4.78 is 0. The number of nitrogens with one attached hydrogen (secondary N) is 2. The highest BCUT2D eigenvalue weighted by Gasteiger charge is 2.29. The summed E-state index contributed by atoms with van der Waals surface area (Å²) in [7, 11) is 0. The van der Waals surface area contributed by atoms with E-state index in [1.807, 2.05) is 4.90 Å². The number of piperidine rings is 1. The number of amides is 2. The second-order valence-electron chi connectivity index (χ2n) is 5.62. The minimum absolute atomic E-state index is 0.0225. The largest absolute Gasteiger partial charge is 0.355 e. The molecule has 2 amide bonds. The first kappa shape index (κ1) is 14.3. The van der Waals surface area contributed by atoms with Crippen molar-refractivity contribution in [3.8, 4) is 0 Å². The Morgan fingerprint density at radius 1 is 1.42 bits per heavy atom. The van der Waals surface area contributed by atoms with Crippen molar-refractivity contribution in [2.24, 2.45) is 5.92 Å². The van der Waals surface area contributed by atoms with Crippen molar-refractivity contribution >= 4 is 11.8 Å². The number of nitrogens with zero attached hydrogens (tertiary/aromatic N) is 1. The fourth-order valence-electron chi connectivity index (χ4n) is 2.94. The van der Waals surface area contributed by atoms with E-state index in [1.54, 1.807) is 0 Å². The lowest BCUT2D eigenvalue weighted by Crippen LogP contribution is -2.48. The standard InChI is InChI=1S/C14H25N3O2/c1-2-8-17(10-12-4-3-7-15-12)14(19)11-5-6-13(18)16-9-11/h11-12,15H,2-10H2,1H3,(H,16,18). The summed E-state index contributed by atoms with van der Waals surface area (Å²) in [5, 5.41) is 6.25. The summed E-state index contributed by atoms with van der Waals surface area (Å²) in [6, 6.07) is 0.452. The second kappa shape index (κ2) is 6.89. The van der Waals surface area contributed by atoms with E-state index >= 15 is 0 Å². The molecule has 108 valence electrons. The number of hydrogen-bond acceptors (Lipinski definition) is 3. The minimum atomic E-state index is -0.0225. The smallest absolute Gasteiger partial charge is 0.227 e. The molecular weight excluding hydrogens is 242 g/mol. The summed E-state index contributed by atoms with van der Waals surface area (Å²) >= 11 is 0. The number of rotatable bonds is 5. The van der Waals surface area contributed by atoms with Gasteiger partial charge in [-0.3, -0.25) is 9.59 Å². The third kappa shape index (κ3) is 3.93. The molecule has 2 atom stereocenters. The molecular formula is C14H25N3O2. The Morgan fingerprint density at radius 2 is 2.26 bits per heavy atom. The van der Waals surface area contributed by atoms with Crippen molar-refractivity contribution in [1.82, 2.24) is 15.5 Å². The minimum Gasteiger partial charge on any atom is -0.355 e. The van der Waals surface area contributed by atoms with Crippen LogP contribution in [0.4, 0.5) is 0 Å². The molecule has 0 spiro atoms. The van der Waals surface area contributed by atoms with E-state index in [0.717, 1.165) is 32.5 Å². The van der Waals surface area contributed by atoms with Crippen LogP contribution in [0.2, 0.25) is 0 Å². The Bertz CT molecular complexity index is 317. The molecule has 0 radical (unpaired) electrons. The number of carbonyl (C=O) groups is 2. The van der Waals surface area contributed by atoms with Crippen LogP contribution < -0.4 is 10.6 Å². The predicted molar refractivity (Wildman–Crippen MR) is 73.6 cm³/mol. The number of hydrogen-bond donors (Lipinski definition) is 2. The van der Waals surface area contributed by atoms with Crippen molar-refractivity contribution in [1.29, 1.82) is 0 Å². The van der Waals surface area contributed by atoms with Gasteiger partial charge in [-0.25, -0.2) is 0 Å². The molecule has 0 aliphatic carbocycles. The van der Waals surface area contributed by atoms with Gasteiger partial charge in [0, 0.05) is 32.1 Å². The molecule has 2 aliphatic rings. The van der Waals surface area contributed by atoms with Crippen molar-refractivity contribution in [3.63, 3.8) is 0 Å². The van der Waals surface area contributed by atoms with Crippen LogP contribution in [-0.2, 0) is 9.59 Å². The van der Waals surface area contributed by atoms with Gasteiger partial charge in [0.15, 0.2) is 0 Å². The molecule has 0 aromatic heterocycles. The Balaban J connectivity index is 1.89. The van der Waals surface area contributed by atoms with Crippen LogP contribution in [0.5, 0.6) is 0 Å². The zero-order valence-corrected chi connectivity index (χ0v) is 11.8. The van der Waals surface area contributed by atoms with E-state index in [2.05, 4.69) is 17.6 Å². The lowest BCUT2D eigenvalue weighted by molar-refractivity contribution is -0.137. The van der Waals surface area contributed by atoms with E-state index in [0.29, 0.717) is 25.4 Å². The summed E-state index contributed by atoms with van der Waals surface area (Å²) in [6.07, 6.45) is 4.53. The average Bonchev–Trinajstić information content (AvgIpc) is 2.91. The van der Waals surface area contributed by atoms with Gasteiger partial charge in [0.25, 0.3) is 0 Å². The van der Waals surface area contributed by atoms with Crippen molar-refractivity contribution in [3.05, 3.63) is 0 Å². The van der Waals surface area contributed by atoms with E-state index in [9.17, 15) is 9.59 Å². The molecule has 2 N–H and O–H groups in total. The monoisotopic (exact) mass is 267 g/mol. The van der Waals surface area contributed by atoms with Crippen LogP contribution in [0.1, 0.15) is 39.0 Å². The van der Waals surface area contributed by atoms with E-state index in [4.69, 9.17) is 0 Å². The highest BCUT2D eigenvalue weighted by Crippen LogP contribution is 2.16. The van der Waals surface area contributed by atoms with E-state index in [1.165, 1.54) is 6.42 Å². The normalized spacial score (nSPS) is 27.1. The van der Waals surface area contributed by atoms with Gasteiger partial charge in [0.05, 0.1) is 5.92 Å². The molecule has 5 nitrogen and oxygen atoms in total. The van der Waals surface area contributed by atoms with E-state index < -0.39 is 0 Å². The van der Waals surface area contributed by atoms with Crippen LogP contribution in [0.25, 0.3) is 0 Å². The Kier molecular flexibility index (Phi) is 5.19. The maximum atomic E-state index is 12.5. The van der Waals surface area contributed by atoms with Crippen LogP contribution in [0.15, 0.2) is 0 Å². The Morgan fingerprint density at radius 3 is 2.84 bits per heavy atom. The molecule has 19 heavy (non-hydrogen) atoms. The molecule has 2 aliphatic heterocycles. The fourth-order valence-corrected chi connectivity index (χ4v) is 2.94. The quantitative estimate of drug-likeness (QED) is 0.762. The summed E-state index contributed by atoms with van der Waals surface area (Å²) in [4.78, 5) is 25.7. The third-order valence-electron chi connectivity index (χ3n) is 4.02. The van der Waals surface area contributed by atoms with Crippen LogP contribution in [0.3, 0.4) is 0 Å². The molecule has 2 saturated heterocycles. The van der Waals surface area contributed by atoms with Crippen molar-refractivity contribution in [2.45, 2.75) is 45.1 Å². The first-order valence-electron chi connectivity index (χ1n) is 7.49. The average molecular weight is 267 g/mol. The van der Waals surface area contributed by atoms with E-state index in [-0.39, 0.29) is 17.7 Å². The molecule has 5 heteroatoms.